The Balaban J connectivity index is 2.54. The Kier molecular flexibility index (Phi) is 6.95. The third kappa shape index (κ3) is 6.65. The summed E-state index contributed by atoms with van der Waals surface area (Å²) in [5.74, 6) is 7.14. The lowest BCUT2D eigenvalue weighted by Crippen LogP contribution is -2.20. The van der Waals surface area contributed by atoms with Crippen LogP contribution in [-0.4, -0.2) is 32.1 Å². The number of para-hydroxylation sites is 1. The summed E-state index contributed by atoms with van der Waals surface area (Å²) in [6.45, 7) is 12.1. The number of hydrogen-bond donors (Lipinski definition) is 0. The van der Waals surface area contributed by atoms with Crippen molar-refractivity contribution < 1.29 is 4.74 Å². The van der Waals surface area contributed by atoms with Crippen molar-refractivity contribution in [3.05, 3.63) is 48.6 Å². The van der Waals surface area contributed by atoms with Crippen LogP contribution in [0.5, 0.6) is 5.75 Å². The standard InChI is InChI=1S/C20H27NO/c1-17(18-12-8-9-13-19(18)22-6)16-21(5)15-11-7-10-14-20(2,3)4/h7-9,11-13H,1,15-16H2,2-6H3/b11-7+. The van der Waals surface area contributed by atoms with E-state index in [0.717, 1.165) is 30.0 Å². The van der Waals surface area contributed by atoms with Crippen LogP contribution in [0, 0.1) is 17.3 Å². The number of benzene rings is 1. The lowest BCUT2D eigenvalue weighted by atomic mass is 9.98. The number of nitrogens with zero attached hydrogens (tertiary/aromatic N) is 1. The average Bonchev–Trinajstić information content (AvgIpc) is 2.45. The Morgan fingerprint density at radius 1 is 1.32 bits per heavy atom. The molecule has 0 aromatic heterocycles. The fourth-order valence-corrected chi connectivity index (χ4v) is 1.96. The van der Waals surface area contributed by atoms with E-state index >= 15 is 0 Å². The maximum absolute atomic E-state index is 5.38. The van der Waals surface area contributed by atoms with Crippen molar-refractivity contribution in [1.82, 2.24) is 4.90 Å². The molecular formula is C20H27NO. The van der Waals surface area contributed by atoms with E-state index in [9.17, 15) is 0 Å². The van der Waals surface area contributed by atoms with Crippen LogP contribution in [0.4, 0.5) is 0 Å². The van der Waals surface area contributed by atoms with Gasteiger partial charge in [0.15, 0.2) is 0 Å². The zero-order valence-electron chi connectivity index (χ0n) is 14.4. The summed E-state index contributed by atoms with van der Waals surface area (Å²) in [4.78, 5) is 2.20. The molecule has 0 aliphatic carbocycles. The topological polar surface area (TPSA) is 12.5 Å². The molecule has 0 saturated carbocycles. The highest BCUT2D eigenvalue weighted by atomic mass is 16.5. The smallest absolute Gasteiger partial charge is 0.126 e. The molecule has 0 heterocycles. The summed E-state index contributed by atoms with van der Waals surface area (Å²) in [6, 6.07) is 7.98. The van der Waals surface area contributed by atoms with E-state index in [1.165, 1.54) is 0 Å². The Labute approximate surface area is 135 Å². The summed E-state index contributed by atoms with van der Waals surface area (Å²) in [6.07, 6.45) is 4.00. The molecule has 22 heavy (non-hydrogen) atoms. The molecule has 118 valence electrons. The number of methoxy groups -OCH3 is 1. The predicted octanol–water partition coefficient (Wildman–Crippen LogP) is 4.25. The van der Waals surface area contributed by atoms with Crippen LogP contribution in [0.25, 0.3) is 5.57 Å². The molecular weight excluding hydrogens is 270 g/mol. The zero-order chi connectivity index (χ0) is 16.6. The van der Waals surface area contributed by atoms with Crippen LogP contribution in [0.1, 0.15) is 26.3 Å². The molecule has 1 aromatic rings. The summed E-state index contributed by atoms with van der Waals surface area (Å²) in [7, 11) is 3.76. The van der Waals surface area contributed by atoms with Crippen molar-refractivity contribution in [3.8, 4) is 17.6 Å². The minimum absolute atomic E-state index is 0.0500. The van der Waals surface area contributed by atoms with Gasteiger partial charge in [0.1, 0.15) is 5.75 Å². The molecule has 2 nitrogen and oxygen atoms in total. The van der Waals surface area contributed by atoms with Gasteiger partial charge in [-0.2, -0.15) is 0 Å². The molecule has 0 aliphatic heterocycles. The third-order valence-electron chi connectivity index (χ3n) is 3.01. The molecule has 0 N–H and O–H groups in total. The summed E-state index contributed by atoms with van der Waals surface area (Å²) in [5.41, 5.74) is 2.16. The average molecular weight is 297 g/mol. The highest BCUT2D eigenvalue weighted by Crippen LogP contribution is 2.24. The molecule has 1 aromatic carbocycles. The van der Waals surface area contributed by atoms with Crippen molar-refractivity contribution in [2.75, 3.05) is 27.2 Å². The van der Waals surface area contributed by atoms with Crippen molar-refractivity contribution >= 4 is 5.57 Å². The van der Waals surface area contributed by atoms with E-state index < -0.39 is 0 Å². The highest BCUT2D eigenvalue weighted by molar-refractivity contribution is 5.69. The maximum Gasteiger partial charge on any atom is 0.126 e. The Morgan fingerprint density at radius 2 is 2.00 bits per heavy atom. The number of rotatable bonds is 6. The van der Waals surface area contributed by atoms with Crippen LogP contribution in [0.3, 0.4) is 0 Å². The third-order valence-corrected chi connectivity index (χ3v) is 3.01. The van der Waals surface area contributed by atoms with Crippen LogP contribution < -0.4 is 4.74 Å². The summed E-state index contributed by atoms with van der Waals surface area (Å²) >= 11 is 0. The van der Waals surface area contributed by atoms with Gasteiger partial charge in [-0.3, -0.25) is 4.90 Å². The number of likely N-dealkylation sites (N-methyl/N-ethyl adjacent to an activating group) is 1. The molecule has 0 saturated heterocycles. The van der Waals surface area contributed by atoms with Gasteiger partial charge in [-0.25, -0.2) is 0 Å². The quantitative estimate of drug-likeness (QED) is 0.728. The fourth-order valence-electron chi connectivity index (χ4n) is 1.96. The van der Waals surface area contributed by atoms with Crippen LogP contribution >= 0.6 is 0 Å². The molecule has 0 radical (unpaired) electrons. The molecule has 2 heteroatoms. The first kappa shape index (κ1) is 18.1. The second-order valence-corrected chi connectivity index (χ2v) is 6.42. The van der Waals surface area contributed by atoms with Gasteiger partial charge in [-0.05, 0) is 45.5 Å². The molecule has 0 atom stereocenters. The summed E-state index contributed by atoms with van der Waals surface area (Å²) in [5, 5.41) is 0. The van der Waals surface area contributed by atoms with Crippen LogP contribution in [-0.2, 0) is 0 Å². The normalized spacial score (nSPS) is 11.4. The van der Waals surface area contributed by atoms with Gasteiger partial charge in [0.05, 0.1) is 7.11 Å². The minimum Gasteiger partial charge on any atom is -0.496 e. The van der Waals surface area contributed by atoms with Gasteiger partial charge >= 0.3 is 0 Å². The molecule has 0 fully saturated rings. The van der Waals surface area contributed by atoms with Crippen molar-refractivity contribution in [3.63, 3.8) is 0 Å². The fraction of sp³-hybridized carbons (Fsp3) is 0.400. The van der Waals surface area contributed by atoms with Gasteiger partial charge in [0, 0.05) is 24.1 Å². The second-order valence-electron chi connectivity index (χ2n) is 6.42. The van der Waals surface area contributed by atoms with E-state index in [-0.39, 0.29) is 5.41 Å². The maximum atomic E-state index is 5.38. The Bertz CT molecular complexity index is 582. The first-order valence-electron chi connectivity index (χ1n) is 7.51. The largest absolute Gasteiger partial charge is 0.496 e. The van der Waals surface area contributed by atoms with E-state index in [2.05, 4.69) is 57.2 Å². The van der Waals surface area contributed by atoms with Gasteiger partial charge in [0.2, 0.25) is 0 Å². The zero-order valence-corrected chi connectivity index (χ0v) is 14.4. The van der Waals surface area contributed by atoms with Gasteiger partial charge in [-0.15, -0.1) is 0 Å². The van der Waals surface area contributed by atoms with E-state index in [1.807, 2.05) is 30.3 Å². The SMILES string of the molecule is C=C(CN(C)C/C=C/C#CC(C)(C)C)c1ccccc1OC. The molecule has 0 unspecified atom stereocenters. The monoisotopic (exact) mass is 297 g/mol. The Morgan fingerprint density at radius 3 is 2.64 bits per heavy atom. The lowest BCUT2D eigenvalue weighted by molar-refractivity contribution is 0.406. The number of ether oxygens (including phenoxy) is 1. The van der Waals surface area contributed by atoms with Crippen molar-refractivity contribution in [2.24, 2.45) is 5.41 Å². The van der Waals surface area contributed by atoms with Gasteiger partial charge < -0.3 is 4.74 Å². The predicted molar refractivity (Wildman–Crippen MR) is 95.9 cm³/mol. The second kappa shape index (κ2) is 8.46. The van der Waals surface area contributed by atoms with Crippen LogP contribution in [0.2, 0.25) is 0 Å². The van der Waals surface area contributed by atoms with E-state index in [0.29, 0.717) is 0 Å². The molecule has 0 bridgehead atoms. The molecule has 0 aliphatic rings. The van der Waals surface area contributed by atoms with Crippen molar-refractivity contribution in [1.29, 1.82) is 0 Å². The minimum atomic E-state index is 0.0500. The highest BCUT2D eigenvalue weighted by Gasteiger charge is 2.07. The first-order chi connectivity index (χ1) is 10.3. The molecule has 1 rings (SSSR count). The Hall–Kier alpha value is -1.98. The number of hydrogen-bond acceptors (Lipinski definition) is 2. The molecule has 0 spiro atoms. The lowest BCUT2D eigenvalue weighted by Gasteiger charge is -2.17. The van der Waals surface area contributed by atoms with Crippen LogP contribution in [0.15, 0.2) is 43.0 Å². The first-order valence-corrected chi connectivity index (χ1v) is 7.51. The van der Waals surface area contributed by atoms with Gasteiger partial charge in [0.25, 0.3) is 0 Å². The van der Waals surface area contributed by atoms with E-state index in [1.54, 1.807) is 7.11 Å². The molecule has 0 amide bonds. The van der Waals surface area contributed by atoms with E-state index in [4.69, 9.17) is 4.74 Å². The number of allylic oxidation sites excluding steroid dienone is 1. The van der Waals surface area contributed by atoms with Crippen molar-refractivity contribution in [2.45, 2.75) is 20.8 Å². The summed E-state index contributed by atoms with van der Waals surface area (Å²) < 4.78 is 5.38. The van der Waals surface area contributed by atoms with Gasteiger partial charge in [-0.1, -0.05) is 42.7 Å².